The first-order chi connectivity index (χ1) is 17.4. The van der Waals surface area contributed by atoms with Gasteiger partial charge in [0.05, 0.1) is 11.4 Å². The monoisotopic (exact) mass is 501 g/mol. The molecule has 4 aromatic heterocycles. The van der Waals surface area contributed by atoms with Gasteiger partial charge in [-0.1, -0.05) is 36.4 Å². The molecule has 182 valence electrons. The van der Waals surface area contributed by atoms with Crippen LogP contribution in [0.5, 0.6) is 5.88 Å². The summed E-state index contributed by atoms with van der Waals surface area (Å²) in [7, 11) is 0. The molecule has 0 bridgehead atoms. The number of ether oxygens (including phenoxy) is 1. The summed E-state index contributed by atoms with van der Waals surface area (Å²) >= 11 is 1.51. The van der Waals surface area contributed by atoms with Gasteiger partial charge in [-0.05, 0) is 37.4 Å². The number of aromatic nitrogens is 6. The molecular formula is C25H23N7O3S. The molecule has 11 heteroatoms. The van der Waals surface area contributed by atoms with E-state index in [-0.39, 0.29) is 24.6 Å². The van der Waals surface area contributed by atoms with E-state index in [1.54, 1.807) is 36.6 Å². The van der Waals surface area contributed by atoms with Crippen LogP contribution < -0.4 is 15.6 Å². The van der Waals surface area contributed by atoms with E-state index < -0.39 is 5.54 Å². The Kier molecular flexibility index (Phi) is 6.30. The van der Waals surface area contributed by atoms with Crippen LogP contribution >= 0.6 is 11.3 Å². The smallest absolute Gasteiger partial charge is 0.267 e. The lowest BCUT2D eigenvalue weighted by molar-refractivity contribution is -0.129. The van der Waals surface area contributed by atoms with Gasteiger partial charge in [0.2, 0.25) is 11.8 Å². The van der Waals surface area contributed by atoms with E-state index in [9.17, 15) is 9.59 Å². The highest BCUT2D eigenvalue weighted by Crippen LogP contribution is 2.23. The molecule has 0 atom stereocenters. The van der Waals surface area contributed by atoms with Crippen molar-refractivity contribution in [2.75, 3.05) is 13.2 Å². The molecule has 0 unspecified atom stereocenters. The summed E-state index contributed by atoms with van der Waals surface area (Å²) < 4.78 is 8.58. The predicted molar refractivity (Wildman–Crippen MR) is 136 cm³/mol. The van der Waals surface area contributed by atoms with Crippen molar-refractivity contribution in [3.05, 3.63) is 82.5 Å². The number of thiophene rings is 1. The van der Waals surface area contributed by atoms with E-state index in [1.807, 2.05) is 47.8 Å². The number of amides is 1. The Balaban J connectivity index is 1.24. The fraction of sp³-hybridized carbons (Fsp3) is 0.200. The topological polar surface area (TPSA) is 116 Å². The number of hydrogen-bond donors (Lipinski definition) is 1. The molecular weight excluding hydrogens is 478 g/mol. The van der Waals surface area contributed by atoms with Gasteiger partial charge in [0.1, 0.15) is 17.8 Å². The third kappa shape index (κ3) is 4.60. The number of hydrogen-bond acceptors (Lipinski definition) is 8. The van der Waals surface area contributed by atoms with Gasteiger partial charge in [0.15, 0.2) is 11.5 Å². The summed E-state index contributed by atoms with van der Waals surface area (Å²) in [5.41, 5.74) is 0.566. The second-order valence-electron chi connectivity index (χ2n) is 8.44. The van der Waals surface area contributed by atoms with Crippen molar-refractivity contribution in [3.63, 3.8) is 0 Å². The van der Waals surface area contributed by atoms with Crippen molar-refractivity contribution in [2.24, 2.45) is 0 Å². The Labute approximate surface area is 210 Å². The first kappa shape index (κ1) is 23.4. The van der Waals surface area contributed by atoms with E-state index in [4.69, 9.17) is 4.74 Å². The SMILES string of the molecule is CC(C)(C(=O)NCCOc1ccc2nnc(-c3ccccc3)n2n1)n1nc(-c2cccs2)ccc1=O. The molecule has 0 saturated carbocycles. The number of nitrogens with one attached hydrogen (secondary N) is 1. The van der Waals surface area contributed by atoms with Crippen LogP contribution in [0.2, 0.25) is 0 Å². The van der Waals surface area contributed by atoms with Crippen LogP contribution in [-0.2, 0) is 10.3 Å². The molecule has 4 heterocycles. The van der Waals surface area contributed by atoms with Gasteiger partial charge >= 0.3 is 0 Å². The lowest BCUT2D eigenvalue weighted by Crippen LogP contribution is -2.50. The number of fused-ring (bicyclic) bond motifs is 1. The van der Waals surface area contributed by atoms with Gasteiger partial charge in [-0.15, -0.1) is 26.6 Å². The molecule has 1 aromatic carbocycles. The molecule has 0 saturated heterocycles. The maximum atomic E-state index is 13.0. The van der Waals surface area contributed by atoms with Gasteiger partial charge in [0, 0.05) is 17.7 Å². The van der Waals surface area contributed by atoms with Gasteiger partial charge in [-0.2, -0.15) is 9.61 Å². The van der Waals surface area contributed by atoms with Crippen LogP contribution in [0.25, 0.3) is 27.6 Å². The molecule has 1 N–H and O–H groups in total. The second kappa shape index (κ2) is 9.70. The highest BCUT2D eigenvalue weighted by atomic mass is 32.1. The lowest BCUT2D eigenvalue weighted by Gasteiger charge is -2.25. The summed E-state index contributed by atoms with van der Waals surface area (Å²) in [6.45, 7) is 3.71. The molecule has 0 spiro atoms. The maximum Gasteiger partial charge on any atom is 0.267 e. The standard InChI is InChI=1S/C25H23N7O3S/c1-25(2,32-22(33)13-10-18(29-32)19-9-6-16-36-19)24(34)26-14-15-35-21-12-11-20-27-28-23(31(20)30-21)17-7-4-3-5-8-17/h3-13,16H,14-15H2,1-2H3,(H,26,34). The van der Waals surface area contributed by atoms with Crippen LogP contribution in [0, 0.1) is 0 Å². The Morgan fingerprint density at radius 2 is 1.83 bits per heavy atom. The minimum atomic E-state index is -1.20. The molecule has 0 aliphatic carbocycles. The molecule has 0 fully saturated rings. The molecule has 5 rings (SSSR count). The van der Waals surface area contributed by atoms with Crippen molar-refractivity contribution in [2.45, 2.75) is 19.4 Å². The number of carbonyl (C=O) groups is 1. The van der Waals surface area contributed by atoms with Gasteiger partial charge < -0.3 is 10.1 Å². The van der Waals surface area contributed by atoms with Gasteiger partial charge in [-0.25, -0.2) is 4.68 Å². The Morgan fingerprint density at radius 3 is 2.61 bits per heavy atom. The summed E-state index contributed by atoms with van der Waals surface area (Å²) in [5, 5.41) is 22.0. The van der Waals surface area contributed by atoms with Crippen LogP contribution in [0.4, 0.5) is 0 Å². The van der Waals surface area contributed by atoms with Crippen molar-refractivity contribution in [1.82, 2.24) is 34.9 Å². The fourth-order valence-corrected chi connectivity index (χ4v) is 4.31. The molecule has 0 aliphatic heterocycles. The Bertz CT molecular complexity index is 1560. The molecule has 5 aromatic rings. The van der Waals surface area contributed by atoms with E-state index in [1.165, 1.54) is 22.1 Å². The van der Waals surface area contributed by atoms with Gasteiger partial charge in [-0.3, -0.25) is 9.59 Å². The van der Waals surface area contributed by atoms with E-state index in [0.717, 1.165) is 10.4 Å². The number of benzene rings is 1. The van der Waals surface area contributed by atoms with Crippen molar-refractivity contribution < 1.29 is 9.53 Å². The fourth-order valence-electron chi connectivity index (χ4n) is 3.62. The van der Waals surface area contributed by atoms with E-state index in [2.05, 4.69) is 25.7 Å². The zero-order chi connectivity index (χ0) is 25.1. The summed E-state index contributed by atoms with van der Waals surface area (Å²) in [5.74, 6) is 0.626. The normalized spacial score (nSPS) is 11.5. The highest BCUT2D eigenvalue weighted by molar-refractivity contribution is 7.13. The third-order valence-corrected chi connectivity index (χ3v) is 6.46. The van der Waals surface area contributed by atoms with Crippen molar-refractivity contribution in [1.29, 1.82) is 0 Å². The Hall–Kier alpha value is -4.38. The summed E-state index contributed by atoms with van der Waals surface area (Å²) in [6, 6.07) is 20.0. The zero-order valence-corrected chi connectivity index (χ0v) is 20.5. The van der Waals surface area contributed by atoms with Gasteiger partial charge in [0.25, 0.3) is 5.56 Å². The van der Waals surface area contributed by atoms with E-state index in [0.29, 0.717) is 23.0 Å². The first-order valence-corrected chi connectivity index (χ1v) is 12.2. The zero-order valence-electron chi connectivity index (χ0n) is 19.7. The number of rotatable bonds is 8. The van der Waals surface area contributed by atoms with E-state index >= 15 is 0 Å². The predicted octanol–water partition coefficient (Wildman–Crippen LogP) is 3.01. The first-order valence-electron chi connectivity index (χ1n) is 11.3. The quantitative estimate of drug-likeness (QED) is 0.325. The van der Waals surface area contributed by atoms with Crippen molar-refractivity contribution >= 4 is 22.9 Å². The minimum Gasteiger partial charge on any atom is -0.475 e. The summed E-state index contributed by atoms with van der Waals surface area (Å²) in [4.78, 5) is 26.4. The second-order valence-corrected chi connectivity index (χ2v) is 9.39. The maximum absolute atomic E-state index is 13.0. The molecule has 1 amide bonds. The molecule has 0 aliphatic rings. The third-order valence-electron chi connectivity index (χ3n) is 5.57. The average Bonchev–Trinajstić information content (AvgIpc) is 3.57. The van der Waals surface area contributed by atoms with Crippen LogP contribution in [0.3, 0.4) is 0 Å². The molecule has 36 heavy (non-hydrogen) atoms. The molecule has 10 nitrogen and oxygen atoms in total. The highest BCUT2D eigenvalue weighted by Gasteiger charge is 2.32. The van der Waals surface area contributed by atoms with Crippen molar-refractivity contribution in [3.8, 4) is 27.8 Å². The largest absolute Gasteiger partial charge is 0.475 e. The van der Waals surface area contributed by atoms with Crippen LogP contribution in [0.1, 0.15) is 13.8 Å². The van der Waals surface area contributed by atoms with Crippen LogP contribution in [0.15, 0.2) is 76.9 Å². The Morgan fingerprint density at radius 1 is 1.00 bits per heavy atom. The number of nitrogens with zero attached hydrogens (tertiary/aromatic N) is 6. The van der Waals surface area contributed by atoms with Crippen LogP contribution in [-0.4, -0.2) is 48.7 Å². The molecule has 0 radical (unpaired) electrons. The lowest BCUT2D eigenvalue weighted by atomic mass is 10.0. The average molecular weight is 502 g/mol. The summed E-state index contributed by atoms with van der Waals surface area (Å²) in [6.07, 6.45) is 0. The minimum absolute atomic E-state index is 0.181. The number of carbonyl (C=O) groups excluding carboxylic acids is 1.